The zero-order valence-electron chi connectivity index (χ0n) is 17.1. The molecule has 2 unspecified atom stereocenters. The van der Waals surface area contributed by atoms with Crippen LogP contribution < -0.4 is 9.50 Å². The molecule has 32 heavy (non-hydrogen) atoms. The number of hydrogen-bond donors (Lipinski definition) is 1. The number of carbonyl (C=O) groups is 1. The van der Waals surface area contributed by atoms with Crippen LogP contribution in [0.5, 0.6) is 5.75 Å². The van der Waals surface area contributed by atoms with Crippen molar-refractivity contribution in [2.75, 3.05) is 5.32 Å². The molecular formula is C24H18N2O4S2. The van der Waals surface area contributed by atoms with Gasteiger partial charge in [0.2, 0.25) is 0 Å². The molecule has 0 bridgehead atoms. The van der Waals surface area contributed by atoms with Crippen LogP contribution in [0.15, 0.2) is 52.1 Å². The first-order valence-electron chi connectivity index (χ1n) is 10.2. The van der Waals surface area contributed by atoms with E-state index in [1.54, 1.807) is 11.3 Å². The van der Waals surface area contributed by atoms with Crippen molar-refractivity contribution in [3.8, 4) is 17.6 Å². The number of amides is 1. The van der Waals surface area contributed by atoms with Gasteiger partial charge >= 0.3 is 6.09 Å². The van der Waals surface area contributed by atoms with Crippen molar-refractivity contribution in [2.24, 2.45) is 5.41 Å². The maximum atomic E-state index is 12.3. The Balaban J connectivity index is 1.15. The highest BCUT2D eigenvalue weighted by atomic mass is 32.2. The van der Waals surface area contributed by atoms with E-state index in [9.17, 15) is 4.79 Å². The zero-order valence-corrected chi connectivity index (χ0v) is 18.7. The lowest BCUT2D eigenvalue weighted by Gasteiger charge is -2.32. The summed E-state index contributed by atoms with van der Waals surface area (Å²) >= 11 is 1.60. The second-order valence-corrected chi connectivity index (χ2v) is 10.4. The molecule has 1 aliphatic carbocycles. The quantitative estimate of drug-likeness (QED) is 0.384. The van der Waals surface area contributed by atoms with Crippen molar-refractivity contribution in [2.45, 2.75) is 25.9 Å². The van der Waals surface area contributed by atoms with E-state index in [4.69, 9.17) is 13.4 Å². The predicted molar refractivity (Wildman–Crippen MR) is 126 cm³/mol. The predicted octanol–water partition coefficient (Wildman–Crippen LogP) is 5.96. The number of rotatable bonds is 3. The Morgan fingerprint density at radius 2 is 2.16 bits per heavy atom. The molecule has 3 aromatic rings. The van der Waals surface area contributed by atoms with Gasteiger partial charge in [-0.25, -0.2) is 4.79 Å². The van der Waals surface area contributed by atoms with E-state index in [0.717, 1.165) is 21.1 Å². The van der Waals surface area contributed by atoms with Crippen LogP contribution in [-0.2, 0) is 4.74 Å². The molecule has 6 rings (SSSR count). The first-order chi connectivity index (χ1) is 15.6. The average Bonchev–Trinajstić information content (AvgIpc) is 3.33. The third kappa shape index (κ3) is 3.44. The smallest absolute Gasteiger partial charge is 0.412 e. The van der Waals surface area contributed by atoms with Gasteiger partial charge in [-0.1, -0.05) is 35.5 Å². The van der Waals surface area contributed by atoms with Gasteiger partial charge in [-0.15, -0.1) is 11.3 Å². The number of allylic oxidation sites excluding steroid dienone is 1. The summed E-state index contributed by atoms with van der Waals surface area (Å²) in [6, 6.07) is 11.5. The summed E-state index contributed by atoms with van der Waals surface area (Å²) in [4.78, 5) is 15.7. The number of fused-ring (bicyclic) bond motifs is 3. The topological polar surface area (TPSA) is 73.6 Å². The molecule has 2 aromatic heterocycles. The zero-order chi connectivity index (χ0) is 21.7. The number of ether oxygens (including phenoxy) is 1. The van der Waals surface area contributed by atoms with Crippen LogP contribution in [-0.4, -0.2) is 16.6 Å². The van der Waals surface area contributed by atoms with E-state index in [1.807, 2.05) is 43.3 Å². The molecule has 2 atom stereocenters. The molecular weight excluding hydrogens is 444 g/mol. The molecule has 1 fully saturated rings. The molecule has 6 nitrogen and oxygen atoms in total. The van der Waals surface area contributed by atoms with Crippen LogP contribution in [0.2, 0.25) is 0 Å². The maximum absolute atomic E-state index is 12.3. The first-order valence-corrected chi connectivity index (χ1v) is 12.3. The summed E-state index contributed by atoms with van der Waals surface area (Å²) in [6.07, 6.45) is 5.12. The second kappa shape index (κ2) is 7.40. The van der Waals surface area contributed by atoms with E-state index in [2.05, 4.69) is 33.8 Å². The van der Waals surface area contributed by atoms with E-state index < -0.39 is 6.09 Å². The Morgan fingerprint density at radius 1 is 1.31 bits per heavy atom. The number of nitrogens with one attached hydrogen (secondary N) is 1. The molecule has 1 aromatic carbocycles. The van der Waals surface area contributed by atoms with Gasteiger partial charge < -0.3 is 13.4 Å². The number of thiophene rings is 1. The van der Waals surface area contributed by atoms with Gasteiger partial charge in [-0.05, 0) is 48.6 Å². The molecule has 4 heterocycles. The van der Waals surface area contributed by atoms with Gasteiger partial charge in [0.25, 0.3) is 0 Å². The summed E-state index contributed by atoms with van der Waals surface area (Å²) in [6.45, 7) is 1.81. The first kappa shape index (κ1) is 19.4. The van der Waals surface area contributed by atoms with E-state index in [-0.39, 0.29) is 16.9 Å². The van der Waals surface area contributed by atoms with Crippen molar-refractivity contribution < 1.29 is 18.2 Å². The number of benzene rings is 1. The van der Waals surface area contributed by atoms with E-state index >= 15 is 0 Å². The van der Waals surface area contributed by atoms with Gasteiger partial charge in [0.15, 0.2) is 11.4 Å². The van der Waals surface area contributed by atoms with Crippen LogP contribution in [0, 0.1) is 17.3 Å². The number of anilines is 1. The van der Waals surface area contributed by atoms with E-state index in [0.29, 0.717) is 16.8 Å². The van der Waals surface area contributed by atoms with Crippen LogP contribution in [0.3, 0.4) is 0 Å². The monoisotopic (exact) mass is 462 g/mol. The molecule has 1 amide bonds. The van der Waals surface area contributed by atoms with Gasteiger partial charge in [0.1, 0.15) is 18.1 Å². The summed E-state index contributed by atoms with van der Waals surface area (Å²) in [5.74, 6) is 6.97. The highest BCUT2D eigenvalue weighted by Crippen LogP contribution is 2.67. The number of carbonyl (C=O) groups excluding carboxylic acids is 1. The molecule has 0 saturated heterocycles. The Kier molecular flexibility index (Phi) is 4.49. The normalized spacial score (nSPS) is 19.5. The lowest BCUT2D eigenvalue weighted by Crippen LogP contribution is -2.19. The Morgan fingerprint density at radius 3 is 2.97 bits per heavy atom. The minimum Gasteiger partial charge on any atom is -0.441 e. The van der Waals surface area contributed by atoms with Gasteiger partial charge in [-0.2, -0.15) is 0 Å². The Labute approximate surface area is 191 Å². The van der Waals surface area contributed by atoms with Crippen LogP contribution in [0.4, 0.5) is 10.5 Å². The third-order valence-corrected chi connectivity index (χ3v) is 8.62. The maximum Gasteiger partial charge on any atom is 0.412 e. The molecule has 2 aliphatic heterocycles. The largest absolute Gasteiger partial charge is 0.441 e. The minimum absolute atomic E-state index is 0.166. The molecule has 3 aliphatic rings. The van der Waals surface area contributed by atoms with Crippen molar-refractivity contribution in [1.82, 2.24) is 5.16 Å². The summed E-state index contributed by atoms with van der Waals surface area (Å²) in [7, 11) is -0.166. The fourth-order valence-corrected chi connectivity index (χ4v) is 6.79. The van der Waals surface area contributed by atoms with Gasteiger partial charge in [0, 0.05) is 27.2 Å². The van der Waals surface area contributed by atoms with Crippen molar-refractivity contribution in [3.05, 3.63) is 68.6 Å². The highest BCUT2D eigenvalue weighted by molar-refractivity contribution is 8.16. The van der Waals surface area contributed by atoms with Crippen LogP contribution in [0.1, 0.15) is 46.9 Å². The second-order valence-electron chi connectivity index (χ2n) is 7.91. The van der Waals surface area contributed by atoms with E-state index in [1.165, 1.54) is 24.0 Å². The summed E-state index contributed by atoms with van der Waals surface area (Å²) in [5.41, 5.74) is 1.95. The van der Waals surface area contributed by atoms with Crippen LogP contribution >= 0.6 is 22.1 Å². The van der Waals surface area contributed by atoms with Crippen LogP contribution in [0.25, 0.3) is 6.08 Å². The molecule has 1 saturated carbocycles. The lowest BCUT2D eigenvalue weighted by molar-refractivity contribution is 0.121. The van der Waals surface area contributed by atoms with Crippen molar-refractivity contribution >= 4 is 45.3 Å². The highest BCUT2D eigenvalue weighted by Gasteiger charge is 2.54. The van der Waals surface area contributed by atoms with Gasteiger partial charge in [0.05, 0.1) is 9.75 Å². The summed E-state index contributed by atoms with van der Waals surface area (Å²) < 4.78 is 16.6. The molecule has 160 valence electrons. The van der Waals surface area contributed by atoms with Gasteiger partial charge in [-0.3, -0.25) is 5.32 Å². The average molecular weight is 463 g/mol. The number of aromatic nitrogens is 1. The fraction of sp³-hybridized carbons (Fsp3) is 0.208. The van der Waals surface area contributed by atoms with Crippen molar-refractivity contribution in [1.29, 1.82) is 0 Å². The minimum atomic E-state index is -0.596. The van der Waals surface area contributed by atoms with Crippen molar-refractivity contribution in [3.63, 3.8) is 0 Å². The Bertz CT molecular complexity index is 1350. The Hall–Kier alpha value is -3.28. The lowest BCUT2D eigenvalue weighted by atomic mass is 10.1. The molecule has 0 radical (unpaired) electrons. The third-order valence-electron chi connectivity index (χ3n) is 5.66. The molecule has 1 N–H and O–H groups in total. The number of hydrogen-bond acceptors (Lipinski definition) is 6. The standard InChI is InChI=1S/C24H18N2O4S2/c1-15(16-5-3-2-4-6-16)29-23(27)25-19-13-28-26-18(19)8-7-17-11-20-21(31-17)12-22-24(9-10-24)14-32(22)30-20/h2-6,11-15H,9-10H2,1H3,(H,25,27). The SMILES string of the molecule is CC(OC(=O)Nc1conc1C#Cc1cc2c(s1)C=C1S(=CC13CC3)O2)c1ccccc1. The molecule has 1 spiro atoms. The molecule has 8 heteroatoms. The summed E-state index contributed by atoms with van der Waals surface area (Å²) in [5, 5.41) is 8.91. The fourth-order valence-electron chi connectivity index (χ4n) is 3.70. The number of nitrogens with zero attached hydrogens (tertiary/aromatic N) is 1.